The first kappa shape index (κ1) is 11.3. The topological polar surface area (TPSA) is 17.8 Å². The van der Waals surface area contributed by atoms with E-state index in [1.165, 1.54) is 30.7 Å². The lowest BCUT2D eigenvalue weighted by Crippen LogP contribution is -2.53. The van der Waals surface area contributed by atoms with Gasteiger partial charge in [-0.3, -0.25) is 0 Å². The Labute approximate surface area is 122 Å². The van der Waals surface area contributed by atoms with E-state index in [-0.39, 0.29) is 0 Å². The maximum atomic E-state index is 4.19. The number of hydrogen-bond donors (Lipinski definition) is 0. The molecule has 1 aromatic heterocycles. The lowest BCUT2D eigenvalue weighted by atomic mass is 9.56. The van der Waals surface area contributed by atoms with Crippen LogP contribution in [0.25, 0.3) is 5.03 Å². The van der Waals surface area contributed by atoms with Crippen molar-refractivity contribution in [2.45, 2.75) is 36.2 Å². The van der Waals surface area contributed by atoms with E-state index in [4.69, 9.17) is 0 Å². The number of hydrogen-bond acceptors (Lipinski definition) is 3. The van der Waals surface area contributed by atoms with Crippen molar-refractivity contribution >= 4 is 28.6 Å². The second-order valence-electron chi connectivity index (χ2n) is 6.67. The van der Waals surface area contributed by atoms with Gasteiger partial charge < -0.3 is 4.57 Å². The van der Waals surface area contributed by atoms with Gasteiger partial charge in [-0.15, -0.1) is 11.8 Å². The molecule has 1 spiro atoms. The Morgan fingerprint density at radius 1 is 1.11 bits per heavy atom. The molecule has 1 aliphatic heterocycles. The Morgan fingerprint density at radius 3 is 2.47 bits per heavy atom. The molecular formula is C15H18N2S2. The average molecular weight is 290 g/mol. The Kier molecular flexibility index (Phi) is 2.29. The van der Waals surface area contributed by atoms with Crippen LogP contribution in [0, 0.1) is 23.7 Å². The molecule has 4 fully saturated rings. The second-order valence-corrected chi connectivity index (χ2v) is 9.38. The SMILES string of the molecule is C1=C(n2ccnc2)SC2(S1)C1CC3CC(C1)CC2C3. The minimum Gasteiger partial charge on any atom is -0.300 e. The number of imidazole rings is 1. The summed E-state index contributed by atoms with van der Waals surface area (Å²) in [5.41, 5.74) is 0. The largest absolute Gasteiger partial charge is 0.300 e. The number of aromatic nitrogens is 2. The molecule has 5 aliphatic rings. The fourth-order valence-electron chi connectivity index (χ4n) is 5.06. The zero-order chi connectivity index (χ0) is 12.4. The van der Waals surface area contributed by atoms with E-state index in [9.17, 15) is 0 Å². The molecule has 6 rings (SSSR count). The average Bonchev–Trinajstić information content (AvgIpc) is 3.06. The third kappa shape index (κ3) is 1.50. The highest BCUT2D eigenvalue weighted by atomic mass is 32.2. The normalized spacial score (nSPS) is 47.1. The van der Waals surface area contributed by atoms with Crippen molar-refractivity contribution < 1.29 is 0 Å². The molecule has 0 aromatic carbocycles. The van der Waals surface area contributed by atoms with E-state index in [0.717, 1.165) is 23.7 Å². The van der Waals surface area contributed by atoms with Gasteiger partial charge in [0.05, 0.1) is 15.4 Å². The molecule has 0 atom stereocenters. The molecule has 2 nitrogen and oxygen atoms in total. The summed E-state index contributed by atoms with van der Waals surface area (Å²) in [5.74, 6) is 4.03. The van der Waals surface area contributed by atoms with Gasteiger partial charge in [0.15, 0.2) is 0 Å². The maximum Gasteiger partial charge on any atom is 0.0995 e. The Bertz CT molecular complexity index is 506. The molecular weight excluding hydrogens is 272 g/mol. The summed E-state index contributed by atoms with van der Waals surface area (Å²) >= 11 is 4.29. The fraction of sp³-hybridized carbons (Fsp3) is 0.667. The maximum absolute atomic E-state index is 4.19. The van der Waals surface area contributed by atoms with Crippen LogP contribution in [0.4, 0.5) is 0 Å². The van der Waals surface area contributed by atoms with Crippen molar-refractivity contribution in [3.63, 3.8) is 0 Å². The van der Waals surface area contributed by atoms with Crippen molar-refractivity contribution in [2.75, 3.05) is 0 Å². The van der Waals surface area contributed by atoms with Crippen LogP contribution in [0.3, 0.4) is 0 Å². The van der Waals surface area contributed by atoms with Gasteiger partial charge in [-0.05, 0) is 55.8 Å². The lowest BCUT2D eigenvalue weighted by molar-refractivity contribution is 0.0161. The van der Waals surface area contributed by atoms with Crippen molar-refractivity contribution in [1.29, 1.82) is 0 Å². The standard InChI is InChI=1S/C15H18N2S2/c1-2-17(9-16-1)14-8-18-15(19-14)12-4-10-3-11(6-12)7-13(15)5-10/h1-2,8-13H,3-7H2. The van der Waals surface area contributed by atoms with Crippen LogP contribution in [0.5, 0.6) is 0 Å². The zero-order valence-corrected chi connectivity index (χ0v) is 12.5. The molecule has 4 heteroatoms. The monoisotopic (exact) mass is 290 g/mol. The first-order valence-electron chi connectivity index (χ1n) is 7.39. The van der Waals surface area contributed by atoms with Crippen molar-refractivity contribution in [1.82, 2.24) is 9.55 Å². The third-order valence-corrected chi connectivity index (χ3v) is 9.23. The van der Waals surface area contributed by atoms with Crippen LogP contribution in [0.1, 0.15) is 32.1 Å². The van der Waals surface area contributed by atoms with Gasteiger partial charge in [-0.25, -0.2) is 4.98 Å². The molecule has 19 heavy (non-hydrogen) atoms. The van der Waals surface area contributed by atoms with E-state index in [1.54, 1.807) is 6.42 Å². The predicted molar refractivity (Wildman–Crippen MR) is 81.5 cm³/mol. The first-order chi connectivity index (χ1) is 9.33. The van der Waals surface area contributed by atoms with Crippen molar-refractivity contribution in [3.8, 4) is 0 Å². The van der Waals surface area contributed by atoms with Gasteiger partial charge in [0, 0.05) is 17.8 Å². The van der Waals surface area contributed by atoms with Crippen LogP contribution < -0.4 is 0 Å². The van der Waals surface area contributed by atoms with E-state index in [2.05, 4.69) is 44.7 Å². The van der Waals surface area contributed by atoms with Crippen LogP contribution in [0.15, 0.2) is 24.1 Å². The van der Waals surface area contributed by atoms with Gasteiger partial charge in [-0.2, -0.15) is 0 Å². The molecule has 4 saturated carbocycles. The van der Waals surface area contributed by atoms with E-state index >= 15 is 0 Å². The van der Waals surface area contributed by atoms with Crippen LogP contribution >= 0.6 is 23.5 Å². The van der Waals surface area contributed by atoms with Crippen LogP contribution in [-0.4, -0.2) is 13.6 Å². The third-order valence-electron chi connectivity index (χ3n) is 5.64. The highest BCUT2D eigenvalue weighted by molar-refractivity contribution is 8.27. The molecule has 100 valence electrons. The van der Waals surface area contributed by atoms with Gasteiger partial charge in [0.25, 0.3) is 0 Å². The molecule has 1 aromatic rings. The number of nitrogens with zero attached hydrogens (tertiary/aromatic N) is 2. The van der Waals surface area contributed by atoms with E-state index < -0.39 is 0 Å². The van der Waals surface area contributed by atoms with Crippen molar-refractivity contribution in [2.24, 2.45) is 23.7 Å². The Morgan fingerprint density at radius 2 is 1.84 bits per heavy atom. The summed E-state index contributed by atoms with van der Waals surface area (Å²) in [7, 11) is 0. The van der Waals surface area contributed by atoms with E-state index in [0.29, 0.717) is 4.08 Å². The molecule has 0 radical (unpaired) electrons. The van der Waals surface area contributed by atoms with Gasteiger partial charge >= 0.3 is 0 Å². The van der Waals surface area contributed by atoms with Crippen LogP contribution in [-0.2, 0) is 0 Å². The molecule has 0 amide bonds. The molecule has 0 unspecified atom stereocenters. The molecule has 4 bridgehead atoms. The molecule has 4 aliphatic carbocycles. The predicted octanol–water partition coefficient (Wildman–Crippen LogP) is 4.27. The van der Waals surface area contributed by atoms with Crippen LogP contribution in [0.2, 0.25) is 0 Å². The summed E-state index contributed by atoms with van der Waals surface area (Å²) in [5, 5.41) is 3.80. The zero-order valence-electron chi connectivity index (χ0n) is 10.9. The van der Waals surface area contributed by atoms with Gasteiger partial charge in [-0.1, -0.05) is 11.8 Å². The van der Waals surface area contributed by atoms with Crippen molar-refractivity contribution in [3.05, 3.63) is 24.1 Å². The summed E-state index contributed by atoms with van der Waals surface area (Å²) in [6, 6.07) is 0. The molecule has 2 heterocycles. The smallest absolute Gasteiger partial charge is 0.0995 e. The summed E-state index contributed by atoms with van der Waals surface area (Å²) in [6.07, 6.45) is 13.4. The van der Waals surface area contributed by atoms with E-state index in [1.807, 2.05) is 12.5 Å². The quantitative estimate of drug-likeness (QED) is 0.769. The lowest BCUT2D eigenvalue weighted by Gasteiger charge is -2.59. The second kappa shape index (κ2) is 3.85. The molecule has 0 N–H and O–H groups in total. The van der Waals surface area contributed by atoms with Gasteiger partial charge in [0.1, 0.15) is 0 Å². The highest BCUT2D eigenvalue weighted by Gasteiger charge is 2.59. The minimum atomic E-state index is 0.479. The Balaban J connectivity index is 1.48. The molecule has 0 saturated heterocycles. The summed E-state index contributed by atoms with van der Waals surface area (Å²) in [6.45, 7) is 0. The number of rotatable bonds is 1. The first-order valence-corrected chi connectivity index (χ1v) is 9.08. The fourth-order valence-corrected chi connectivity index (χ4v) is 8.42. The minimum absolute atomic E-state index is 0.479. The van der Waals surface area contributed by atoms with Gasteiger partial charge in [0.2, 0.25) is 0 Å². The summed E-state index contributed by atoms with van der Waals surface area (Å²) < 4.78 is 2.67. The Hall–Kier alpha value is -0.350. The number of thioether (sulfide) groups is 2. The highest BCUT2D eigenvalue weighted by Crippen LogP contribution is 2.70. The summed E-state index contributed by atoms with van der Waals surface area (Å²) in [4.78, 5) is 4.19.